The van der Waals surface area contributed by atoms with Gasteiger partial charge in [0.1, 0.15) is 6.54 Å². The van der Waals surface area contributed by atoms with Crippen molar-refractivity contribution in [1.82, 2.24) is 20.0 Å². The molecule has 3 rings (SSSR count). The zero-order chi connectivity index (χ0) is 15.4. The summed E-state index contributed by atoms with van der Waals surface area (Å²) in [6.07, 6.45) is 11.1. The SMILES string of the molecule is O=C(Cn1cccn1)N[C@@H]1CC(=O)N(C2CCCCCC2)C1. The Morgan fingerprint density at radius 3 is 2.73 bits per heavy atom. The minimum Gasteiger partial charge on any atom is -0.349 e. The van der Waals surface area contributed by atoms with Gasteiger partial charge in [0, 0.05) is 31.4 Å². The summed E-state index contributed by atoms with van der Waals surface area (Å²) in [4.78, 5) is 26.3. The number of hydrogen-bond acceptors (Lipinski definition) is 3. The lowest BCUT2D eigenvalue weighted by molar-refractivity contribution is -0.129. The number of nitrogens with one attached hydrogen (secondary N) is 1. The number of hydrogen-bond donors (Lipinski definition) is 1. The zero-order valence-electron chi connectivity index (χ0n) is 12.9. The molecule has 120 valence electrons. The molecule has 0 spiro atoms. The lowest BCUT2D eigenvalue weighted by Crippen LogP contribution is -2.41. The first kappa shape index (κ1) is 15.1. The highest BCUT2D eigenvalue weighted by Crippen LogP contribution is 2.25. The van der Waals surface area contributed by atoms with Gasteiger partial charge >= 0.3 is 0 Å². The third-order valence-corrected chi connectivity index (χ3v) is 4.65. The van der Waals surface area contributed by atoms with E-state index in [9.17, 15) is 9.59 Å². The third-order valence-electron chi connectivity index (χ3n) is 4.65. The molecule has 0 aromatic carbocycles. The van der Waals surface area contributed by atoms with E-state index in [0.717, 1.165) is 12.8 Å². The second-order valence-electron chi connectivity index (χ2n) is 6.36. The van der Waals surface area contributed by atoms with E-state index in [1.807, 2.05) is 4.90 Å². The van der Waals surface area contributed by atoms with Crippen LogP contribution < -0.4 is 5.32 Å². The van der Waals surface area contributed by atoms with E-state index in [1.165, 1.54) is 25.7 Å². The average molecular weight is 304 g/mol. The Morgan fingerprint density at radius 2 is 2.05 bits per heavy atom. The Labute approximate surface area is 130 Å². The first-order chi connectivity index (χ1) is 10.7. The molecule has 1 saturated heterocycles. The van der Waals surface area contributed by atoms with Gasteiger partial charge in [0.05, 0.1) is 6.04 Å². The fraction of sp³-hybridized carbons (Fsp3) is 0.688. The van der Waals surface area contributed by atoms with Crippen LogP contribution in [0.5, 0.6) is 0 Å². The maximum atomic E-state index is 12.3. The smallest absolute Gasteiger partial charge is 0.242 e. The molecule has 1 aromatic heterocycles. The molecule has 2 amide bonds. The van der Waals surface area contributed by atoms with Gasteiger partial charge in [0.2, 0.25) is 11.8 Å². The van der Waals surface area contributed by atoms with Crippen molar-refractivity contribution in [2.75, 3.05) is 6.54 Å². The standard InChI is InChI=1S/C16H24N4O2/c21-15(12-19-9-5-8-17-19)18-13-10-16(22)20(11-13)14-6-3-1-2-4-7-14/h5,8-9,13-14H,1-4,6-7,10-12H2,(H,18,21)/t13-/m1/s1. The first-order valence-electron chi connectivity index (χ1n) is 8.28. The highest BCUT2D eigenvalue weighted by atomic mass is 16.2. The van der Waals surface area contributed by atoms with Gasteiger partial charge in [0.15, 0.2) is 0 Å². The molecule has 0 bridgehead atoms. The van der Waals surface area contributed by atoms with Crippen LogP contribution in [0.2, 0.25) is 0 Å². The Bertz CT molecular complexity index is 506. The van der Waals surface area contributed by atoms with Crippen molar-refractivity contribution < 1.29 is 9.59 Å². The molecule has 2 heterocycles. The predicted molar refractivity (Wildman–Crippen MR) is 82.0 cm³/mol. The Hall–Kier alpha value is -1.85. The van der Waals surface area contributed by atoms with E-state index in [0.29, 0.717) is 19.0 Å². The fourth-order valence-electron chi connectivity index (χ4n) is 3.57. The summed E-state index contributed by atoms with van der Waals surface area (Å²) in [6, 6.07) is 2.11. The van der Waals surface area contributed by atoms with Gasteiger partial charge in [-0.2, -0.15) is 5.10 Å². The molecular weight excluding hydrogens is 280 g/mol. The second kappa shape index (κ2) is 6.94. The van der Waals surface area contributed by atoms with Crippen LogP contribution in [-0.2, 0) is 16.1 Å². The molecule has 6 nitrogen and oxygen atoms in total. The molecule has 1 atom stereocenters. The summed E-state index contributed by atoms with van der Waals surface area (Å²) in [6.45, 7) is 0.871. The molecule has 6 heteroatoms. The van der Waals surface area contributed by atoms with E-state index >= 15 is 0 Å². The molecule has 2 fully saturated rings. The third kappa shape index (κ3) is 3.67. The van der Waals surface area contributed by atoms with E-state index in [1.54, 1.807) is 23.1 Å². The quantitative estimate of drug-likeness (QED) is 0.853. The number of rotatable bonds is 4. The van der Waals surface area contributed by atoms with Crippen molar-refractivity contribution in [3.63, 3.8) is 0 Å². The summed E-state index contributed by atoms with van der Waals surface area (Å²) < 4.78 is 1.59. The molecule has 1 saturated carbocycles. The van der Waals surface area contributed by atoms with Gasteiger partial charge in [0.25, 0.3) is 0 Å². The van der Waals surface area contributed by atoms with Gasteiger partial charge in [-0.1, -0.05) is 25.7 Å². The van der Waals surface area contributed by atoms with Gasteiger partial charge in [-0.15, -0.1) is 0 Å². The summed E-state index contributed by atoms with van der Waals surface area (Å²) >= 11 is 0. The monoisotopic (exact) mass is 304 g/mol. The zero-order valence-corrected chi connectivity index (χ0v) is 12.9. The maximum Gasteiger partial charge on any atom is 0.242 e. The van der Waals surface area contributed by atoms with Crippen molar-refractivity contribution >= 4 is 11.8 Å². The summed E-state index contributed by atoms with van der Waals surface area (Å²) in [7, 11) is 0. The Kier molecular flexibility index (Phi) is 4.75. The molecule has 2 aliphatic rings. The number of nitrogens with zero attached hydrogens (tertiary/aromatic N) is 3. The van der Waals surface area contributed by atoms with Gasteiger partial charge in [-0.3, -0.25) is 14.3 Å². The summed E-state index contributed by atoms with van der Waals surface area (Å²) in [5, 5.41) is 6.99. The normalized spacial score (nSPS) is 23.5. The van der Waals surface area contributed by atoms with Gasteiger partial charge in [-0.25, -0.2) is 0 Å². The number of aromatic nitrogens is 2. The molecule has 1 N–H and O–H groups in total. The van der Waals surface area contributed by atoms with E-state index in [4.69, 9.17) is 0 Å². The number of likely N-dealkylation sites (tertiary alicyclic amines) is 1. The second-order valence-corrected chi connectivity index (χ2v) is 6.36. The van der Waals surface area contributed by atoms with Crippen molar-refractivity contribution in [2.45, 2.75) is 63.6 Å². The molecule has 22 heavy (non-hydrogen) atoms. The van der Waals surface area contributed by atoms with Crippen molar-refractivity contribution in [2.24, 2.45) is 0 Å². The molecule has 0 radical (unpaired) electrons. The van der Waals surface area contributed by atoms with Crippen molar-refractivity contribution in [3.05, 3.63) is 18.5 Å². The topological polar surface area (TPSA) is 67.2 Å². The fourth-order valence-corrected chi connectivity index (χ4v) is 3.57. The predicted octanol–water partition coefficient (Wildman–Crippen LogP) is 1.32. The van der Waals surface area contributed by atoms with Crippen LogP contribution in [0.4, 0.5) is 0 Å². The number of carbonyl (C=O) groups excluding carboxylic acids is 2. The van der Waals surface area contributed by atoms with E-state index in [2.05, 4.69) is 10.4 Å². The minimum absolute atomic E-state index is 0.0567. The van der Waals surface area contributed by atoms with Crippen LogP contribution >= 0.6 is 0 Å². The van der Waals surface area contributed by atoms with Crippen molar-refractivity contribution in [3.8, 4) is 0 Å². The largest absolute Gasteiger partial charge is 0.349 e. The van der Waals surface area contributed by atoms with Crippen LogP contribution in [0, 0.1) is 0 Å². The minimum atomic E-state index is -0.0794. The van der Waals surface area contributed by atoms with Crippen molar-refractivity contribution in [1.29, 1.82) is 0 Å². The van der Waals surface area contributed by atoms with Gasteiger partial charge < -0.3 is 10.2 Å². The van der Waals surface area contributed by atoms with E-state index < -0.39 is 0 Å². The molecular formula is C16H24N4O2. The summed E-state index contributed by atoms with van der Waals surface area (Å²) in [5.41, 5.74) is 0. The first-order valence-corrected chi connectivity index (χ1v) is 8.28. The summed E-state index contributed by atoms with van der Waals surface area (Å²) in [5.74, 6) is 0.112. The highest BCUT2D eigenvalue weighted by molar-refractivity contribution is 5.82. The lowest BCUT2D eigenvalue weighted by atomic mass is 10.1. The molecule has 1 aliphatic carbocycles. The maximum absolute atomic E-state index is 12.3. The van der Waals surface area contributed by atoms with Crippen LogP contribution in [0.15, 0.2) is 18.5 Å². The van der Waals surface area contributed by atoms with Crippen LogP contribution in [0.3, 0.4) is 0 Å². The lowest BCUT2D eigenvalue weighted by Gasteiger charge is -2.27. The van der Waals surface area contributed by atoms with Crippen LogP contribution in [0.25, 0.3) is 0 Å². The number of carbonyl (C=O) groups is 2. The average Bonchev–Trinajstić information content (AvgIpc) is 3.01. The van der Waals surface area contributed by atoms with E-state index in [-0.39, 0.29) is 24.4 Å². The number of amides is 2. The Balaban J connectivity index is 1.51. The van der Waals surface area contributed by atoms with Crippen LogP contribution in [0.1, 0.15) is 44.9 Å². The van der Waals surface area contributed by atoms with Gasteiger partial charge in [-0.05, 0) is 18.9 Å². The molecule has 1 aromatic rings. The molecule has 0 unspecified atom stereocenters. The molecule has 1 aliphatic heterocycles. The highest BCUT2D eigenvalue weighted by Gasteiger charge is 2.34. The van der Waals surface area contributed by atoms with Crippen LogP contribution in [-0.4, -0.2) is 45.1 Å². The Morgan fingerprint density at radius 1 is 1.27 bits per heavy atom.